The number of ketones is 1. The van der Waals surface area contributed by atoms with Gasteiger partial charge in [-0.3, -0.25) is 4.79 Å². The number of hydrogen-bond acceptors (Lipinski definition) is 3. The van der Waals surface area contributed by atoms with Crippen LogP contribution in [0.2, 0.25) is 0 Å². The quantitative estimate of drug-likeness (QED) is 0.803. The Bertz CT molecular complexity index is 549. The van der Waals surface area contributed by atoms with Crippen LogP contribution in [0.5, 0.6) is 0 Å². The summed E-state index contributed by atoms with van der Waals surface area (Å²) in [7, 11) is -3.50. The van der Waals surface area contributed by atoms with E-state index in [-0.39, 0.29) is 23.1 Å². The van der Waals surface area contributed by atoms with Crippen LogP contribution >= 0.6 is 0 Å². The summed E-state index contributed by atoms with van der Waals surface area (Å²) in [5.41, 5.74) is 0.313. The summed E-state index contributed by atoms with van der Waals surface area (Å²) >= 11 is 0. The molecule has 0 radical (unpaired) electrons. The van der Waals surface area contributed by atoms with E-state index in [1.807, 2.05) is 13.8 Å². The Morgan fingerprint density at radius 3 is 2.59 bits per heavy atom. The normalized spacial score (nSPS) is 19.4. The zero-order valence-electron chi connectivity index (χ0n) is 9.88. The molecule has 0 bridgehead atoms. The first-order chi connectivity index (χ1) is 7.93. The lowest BCUT2D eigenvalue weighted by molar-refractivity contribution is 0.0952. The standard InChI is InChI=1S/C12H15NO3S/c1-9(2)7-13-8-11(14)10-5-3-4-6-12(10)17(13,15)16/h3-6,9H,7-8H2,1-2H3. The van der Waals surface area contributed by atoms with Crippen LogP contribution in [0.15, 0.2) is 29.2 Å². The molecule has 0 saturated carbocycles. The highest BCUT2D eigenvalue weighted by atomic mass is 32.2. The molecule has 2 rings (SSSR count). The van der Waals surface area contributed by atoms with E-state index < -0.39 is 10.0 Å². The minimum absolute atomic E-state index is 0.0441. The van der Waals surface area contributed by atoms with Crippen molar-refractivity contribution in [3.63, 3.8) is 0 Å². The summed E-state index contributed by atoms with van der Waals surface area (Å²) in [6, 6.07) is 6.39. The van der Waals surface area contributed by atoms with E-state index >= 15 is 0 Å². The third-order valence-corrected chi connectivity index (χ3v) is 4.56. The first kappa shape index (κ1) is 12.3. The third kappa shape index (κ3) is 2.12. The second-order valence-corrected chi connectivity index (χ2v) is 6.52. The van der Waals surface area contributed by atoms with Crippen LogP contribution < -0.4 is 0 Å². The molecule has 1 aromatic rings. The predicted molar refractivity (Wildman–Crippen MR) is 64.4 cm³/mol. The zero-order valence-corrected chi connectivity index (χ0v) is 10.7. The van der Waals surface area contributed by atoms with Crippen molar-refractivity contribution in [2.75, 3.05) is 13.1 Å². The van der Waals surface area contributed by atoms with Crippen molar-refractivity contribution >= 4 is 15.8 Å². The van der Waals surface area contributed by atoms with E-state index in [9.17, 15) is 13.2 Å². The monoisotopic (exact) mass is 253 g/mol. The van der Waals surface area contributed by atoms with Gasteiger partial charge in [-0.05, 0) is 18.1 Å². The molecular formula is C12H15NO3S. The van der Waals surface area contributed by atoms with Gasteiger partial charge in [0.1, 0.15) is 0 Å². The molecule has 0 aliphatic carbocycles. The molecule has 0 amide bonds. The number of fused-ring (bicyclic) bond motifs is 1. The summed E-state index contributed by atoms with van der Waals surface area (Å²) in [5, 5.41) is 0. The Hall–Kier alpha value is -1.20. The van der Waals surface area contributed by atoms with E-state index in [0.717, 1.165) is 0 Å². The lowest BCUT2D eigenvalue weighted by Gasteiger charge is -2.28. The van der Waals surface area contributed by atoms with Gasteiger partial charge in [-0.25, -0.2) is 8.42 Å². The summed E-state index contributed by atoms with van der Waals surface area (Å²) in [4.78, 5) is 12.0. The zero-order chi connectivity index (χ0) is 12.6. The van der Waals surface area contributed by atoms with Crippen molar-refractivity contribution in [2.45, 2.75) is 18.7 Å². The molecule has 0 aromatic heterocycles. The Morgan fingerprint density at radius 1 is 1.29 bits per heavy atom. The van der Waals surface area contributed by atoms with Crippen molar-refractivity contribution < 1.29 is 13.2 Å². The number of benzene rings is 1. The van der Waals surface area contributed by atoms with Crippen LogP contribution in [0.3, 0.4) is 0 Å². The minimum atomic E-state index is -3.50. The number of sulfonamides is 1. The van der Waals surface area contributed by atoms with Gasteiger partial charge >= 0.3 is 0 Å². The average Bonchev–Trinajstić information content (AvgIpc) is 2.26. The topological polar surface area (TPSA) is 54.5 Å². The average molecular weight is 253 g/mol. The largest absolute Gasteiger partial charge is 0.293 e. The first-order valence-corrected chi connectivity index (χ1v) is 6.99. The van der Waals surface area contributed by atoms with Crippen molar-refractivity contribution in [1.82, 2.24) is 4.31 Å². The van der Waals surface area contributed by atoms with Gasteiger partial charge in [-0.1, -0.05) is 26.0 Å². The van der Waals surface area contributed by atoms with Crippen LogP contribution in [-0.4, -0.2) is 31.6 Å². The summed E-state index contributed by atoms with van der Waals surface area (Å²) in [6.45, 7) is 4.20. The molecule has 4 nitrogen and oxygen atoms in total. The van der Waals surface area contributed by atoms with Gasteiger partial charge in [-0.2, -0.15) is 4.31 Å². The van der Waals surface area contributed by atoms with Gasteiger partial charge in [0.2, 0.25) is 10.0 Å². The highest BCUT2D eigenvalue weighted by Crippen LogP contribution is 2.26. The molecule has 0 fully saturated rings. The molecule has 0 saturated heterocycles. The number of nitrogens with zero attached hydrogens (tertiary/aromatic N) is 1. The molecule has 5 heteroatoms. The first-order valence-electron chi connectivity index (χ1n) is 5.55. The van der Waals surface area contributed by atoms with Gasteiger partial charge in [0.15, 0.2) is 5.78 Å². The summed E-state index contributed by atoms with van der Waals surface area (Å²) in [5.74, 6) is 0.0684. The van der Waals surface area contributed by atoms with E-state index in [1.54, 1.807) is 18.2 Å². The van der Waals surface area contributed by atoms with Crippen LogP contribution in [0, 0.1) is 5.92 Å². The second-order valence-electron chi connectivity index (χ2n) is 4.61. The Kier molecular flexibility index (Phi) is 3.05. The minimum Gasteiger partial charge on any atom is -0.293 e. The molecule has 92 valence electrons. The number of hydrogen-bond donors (Lipinski definition) is 0. The maximum atomic E-state index is 12.3. The van der Waals surface area contributed by atoms with E-state index in [1.165, 1.54) is 10.4 Å². The smallest absolute Gasteiger partial charge is 0.244 e. The van der Waals surface area contributed by atoms with Gasteiger partial charge in [0.25, 0.3) is 0 Å². The third-order valence-electron chi connectivity index (χ3n) is 2.69. The highest BCUT2D eigenvalue weighted by Gasteiger charge is 2.35. The van der Waals surface area contributed by atoms with Crippen LogP contribution in [-0.2, 0) is 10.0 Å². The molecule has 1 aromatic carbocycles. The van der Waals surface area contributed by atoms with Crippen molar-refractivity contribution in [1.29, 1.82) is 0 Å². The Labute approximate surface area is 101 Å². The second kappa shape index (κ2) is 4.23. The van der Waals surface area contributed by atoms with E-state index in [2.05, 4.69) is 0 Å². The Morgan fingerprint density at radius 2 is 1.94 bits per heavy atom. The fourth-order valence-electron chi connectivity index (χ4n) is 1.96. The number of rotatable bonds is 2. The van der Waals surface area contributed by atoms with Gasteiger partial charge in [0, 0.05) is 12.1 Å². The van der Waals surface area contributed by atoms with Crippen LogP contribution in [0.25, 0.3) is 0 Å². The lowest BCUT2D eigenvalue weighted by atomic mass is 10.1. The molecular weight excluding hydrogens is 238 g/mol. The fourth-order valence-corrected chi connectivity index (χ4v) is 3.73. The predicted octanol–water partition coefficient (Wildman–Crippen LogP) is 1.53. The number of carbonyl (C=O) groups excluding carboxylic acids is 1. The van der Waals surface area contributed by atoms with Crippen molar-refractivity contribution in [2.24, 2.45) is 5.92 Å². The molecule has 1 heterocycles. The van der Waals surface area contributed by atoms with Crippen molar-refractivity contribution in [3.05, 3.63) is 29.8 Å². The molecule has 17 heavy (non-hydrogen) atoms. The van der Waals surface area contributed by atoms with Crippen molar-refractivity contribution in [3.8, 4) is 0 Å². The van der Waals surface area contributed by atoms with E-state index in [0.29, 0.717) is 12.1 Å². The molecule has 1 aliphatic heterocycles. The van der Waals surface area contributed by atoms with Gasteiger partial charge in [-0.15, -0.1) is 0 Å². The molecule has 0 unspecified atom stereocenters. The molecule has 0 spiro atoms. The van der Waals surface area contributed by atoms with Crippen LogP contribution in [0.4, 0.5) is 0 Å². The van der Waals surface area contributed by atoms with Gasteiger partial charge in [0.05, 0.1) is 11.4 Å². The maximum Gasteiger partial charge on any atom is 0.244 e. The van der Waals surface area contributed by atoms with Gasteiger partial charge < -0.3 is 0 Å². The highest BCUT2D eigenvalue weighted by molar-refractivity contribution is 7.89. The SMILES string of the molecule is CC(C)CN1CC(=O)c2ccccc2S1(=O)=O. The lowest BCUT2D eigenvalue weighted by Crippen LogP contribution is -2.42. The van der Waals surface area contributed by atoms with E-state index in [4.69, 9.17) is 0 Å². The molecule has 1 aliphatic rings. The van der Waals surface area contributed by atoms with Crippen LogP contribution in [0.1, 0.15) is 24.2 Å². The molecule has 0 atom stereocenters. The fraction of sp³-hybridized carbons (Fsp3) is 0.417. The number of carbonyl (C=O) groups is 1. The summed E-state index contributed by atoms with van der Waals surface area (Å²) < 4.78 is 25.8. The Balaban J connectivity index is 2.51. The number of Topliss-reactive ketones (excluding diaryl/α,β-unsaturated/α-hetero) is 1. The summed E-state index contributed by atoms with van der Waals surface area (Å²) in [6.07, 6.45) is 0. The maximum absolute atomic E-state index is 12.3. The molecule has 0 N–H and O–H groups in total.